The molecule has 1 N–H and O–H groups in total. The Morgan fingerprint density at radius 3 is 2.35 bits per heavy atom. The number of carbonyl (C=O) groups is 1. The number of piperazine rings is 1. The highest BCUT2D eigenvalue weighted by molar-refractivity contribution is 5.86. The number of aryl methyl sites for hydroxylation is 2. The van der Waals surface area contributed by atoms with Crippen LogP contribution in [0.25, 0.3) is 0 Å². The lowest BCUT2D eigenvalue weighted by atomic mass is 10.1. The van der Waals surface area contributed by atoms with Gasteiger partial charge in [0.25, 0.3) is 0 Å². The first-order chi connectivity index (χ1) is 11.1. The molecule has 1 aromatic rings. The van der Waals surface area contributed by atoms with Crippen LogP contribution in [-0.4, -0.2) is 77.5 Å². The van der Waals surface area contributed by atoms with Gasteiger partial charge in [0.15, 0.2) is 0 Å². The number of ether oxygens (including phenoxy) is 1. The first kappa shape index (κ1) is 25.4. The van der Waals surface area contributed by atoms with Gasteiger partial charge in [0, 0.05) is 57.6 Å². The second-order valence-corrected chi connectivity index (χ2v) is 6.46. The molecule has 1 aromatic heterocycles. The summed E-state index contributed by atoms with van der Waals surface area (Å²) in [4.78, 5) is 16.9. The second-order valence-electron chi connectivity index (χ2n) is 6.46. The number of aromatic nitrogens is 2. The third-order valence-corrected chi connectivity index (χ3v) is 4.94. The van der Waals surface area contributed by atoms with Crippen LogP contribution in [0.1, 0.15) is 17.0 Å². The molecule has 1 atom stereocenters. The van der Waals surface area contributed by atoms with E-state index in [0.717, 1.165) is 45.0 Å². The number of hydrogen-bond donors (Lipinski definition) is 1. The van der Waals surface area contributed by atoms with Crippen LogP contribution in [-0.2, 0) is 23.1 Å². The van der Waals surface area contributed by atoms with Crippen molar-refractivity contribution in [3.8, 4) is 0 Å². The van der Waals surface area contributed by atoms with E-state index in [2.05, 4.69) is 29.2 Å². The highest BCUT2D eigenvalue weighted by Crippen LogP contribution is 2.16. The number of hydrogen-bond acceptors (Lipinski definition) is 5. The van der Waals surface area contributed by atoms with Crippen molar-refractivity contribution in [1.82, 2.24) is 24.9 Å². The van der Waals surface area contributed by atoms with E-state index in [0.29, 0.717) is 13.2 Å². The number of nitrogens with one attached hydrogen (secondary N) is 1. The predicted molar refractivity (Wildman–Crippen MR) is 109 cm³/mol. The Kier molecular flexibility index (Phi) is 11.1. The zero-order chi connectivity index (χ0) is 16.4. The number of nitrogens with zero attached hydrogens (tertiary/aromatic N) is 4. The topological polar surface area (TPSA) is 62.6 Å². The fourth-order valence-electron chi connectivity index (χ4n) is 3.34. The first-order valence-electron chi connectivity index (χ1n) is 8.37. The molecule has 3 rings (SSSR count). The van der Waals surface area contributed by atoms with Gasteiger partial charge in [-0.15, -0.1) is 37.2 Å². The average Bonchev–Trinajstić information content (AvgIpc) is 2.82. The normalized spacial score (nSPS) is 20.6. The van der Waals surface area contributed by atoms with Crippen LogP contribution in [0, 0.1) is 13.8 Å². The maximum Gasteiger partial charge on any atom is 0.242 e. The molecule has 0 saturated carbocycles. The van der Waals surface area contributed by atoms with Gasteiger partial charge in [-0.3, -0.25) is 14.4 Å². The van der Waals surface area contributed by atoms with Crippen LogP contribution < -0.4 is 5.32 Å². The standard InChI is InChI=1S/C16H27N5O2.3ClH/c1-12-14(13(2)19(3)18-12)10-20-5-7-21(8-6-20)16(22)15-11-23-9-4-17-15;;;/h15,17H,4-11H2,1-3H3;3*1H. The molecule has 152 valence electrons. The Morgan fingerprint density at radius 1 is 1.19 bits per heavy atom. The number of rotatable bonds is 3. The number of halogens is 3. The molecule has 0 bridgehead atoms. The van der Waals surface area contributed by atoms with Crippen LogP contribution in [0.4, 0.5) is 0 Å². The molecule has 1 amide bonds. The van der Waals surface area contributed by atoms with Crippen molar-refractivity contribution in [2.75, 3.05) is 45.9 Å². The molecule has 0 aliphatic carbocycles. The minimum atomic E-state index is -0.168. The second kappa shape index (κ2) is 11.3. The van der Waals surface area contributed by atoms with Gasteiger partial charge in [0.05, 0.1) is 18.9 Å². The number of morpholine rings is 1. The molecule has 2 fully saturated rings. The van der Waals surface area contributed by atoms with E-state index >= 15 is 0 Å². The van der Waals surface area contributed by atoms with E-state index in [1.807, 2.05) is 16.6 Å². The van der Waals surface area contributed by atoms with Crippen LogP contribution >= 0.6 is 37.2 Å². The molecule has 0 spiro atoms. The third-order valence-electron chi connectivity index (χ3n) is 4.94. The maximum absolute atomic E-state index is 12.5. The molecule has 3 heterocycles. The first-order valence-corrected chi connectivity index (χ1v) is 8.37. The van der Waals surface area contributed by atoms with Crippen LogP contribution in [0.3, 0.4) is 0 Å². The van der Waals surface area contributed by atoms with Crippen molar-refractivity contribution < 1.29 is 9.53 Å². The summed E-state index contributed by atoms with van der Waals surface area (Å²) in [6.07, 6.45) is 0. The molecular formula is C16H30Cl3N5O2. The lowest BCUT2D eigenvalue weighted by Crippen LogP contribution is -2.57. The van der Waals surface area contributed by atoms with E-state index in [4.69, 9.17) is 4.74 Å². The molecule has 10 heteroatoms. The SMILES string of the molecule is Cc1nn(C)c(C)c1CN1CCN(C(=O)C2COCCN2)CC1.Cl.Cl.Cl. The van der Waals surface area contributed by atoms with Crippen molar-refractivity contribution in [3.63, 3.8) is 0 Å². The van der Waals surface area contributed by atoms with E-state index < -0.39 is 0 Å². The highest BCUT2D eigenvalue weighted by atomic mass is 35.5. The van der Waals surface area contributed by atoms with Crippen LogP contribution in [0.15, 0.2) is 0 Å². The summed E-state index contributed by atoms with van der Waals surface area (Å²) in [6.45, 7) is 10.4. The van der Waals surface area contributed by atoms with E-state index in [9.17, 15) is 4.79 Å². The van der Waals surface area contributed by atoms with Crippen molar-refractivity contribution >= 4 is 43.1 Å². The quantitative estimate of drug-likeness (QED) is 0.773. The Hall–Kier alpha value is -0.570. The molecule has 2 aliphatic heterocycles. The van der Waals surface area contributed by atoms with Crippen LogP contribution in [0.5, 0.6) is 0 Å². The zero-order valence-corrected chi connectivity index (χ0v) is 18.0. The van der Waals surface area contributed by atoms with Gasteiger partial charge in [0.1, 0.15) is 6.04 Å². The van der Waals surface area contributed by atoms with Gasteiger partial charge in [-0.25, -0.2) is 0 Å². The van der Waals surface area contributed by atoms with Gasteiger partial charge in [-0.2, -0.15) is 5.10 Å². The summed E-state index contributed by atoms with van der Waals surface area (Å²) < 4.78 is 7.34. The summed E-state index contributed by atoms with van der Waals surface area (Å²) in [5.74, 6) is 0.179. The van der Waals surface area contributed by atoms with Crippen molar-refractivity contribution in [1.29, 1.82) is 0 Å². The summed E-state index contributed by atoms with van der Waals surface area (Å²) in [5, 5.41) is 7.73. The lowest BCUT2D eigenvalue weighted by molar-refractivity contribution is -0.138. The van der Waals surface area contributed by atoms with Gasteiger partial charge >= 0.3 is 0 Å². The van der Waals surface area contributed by atoms with Crippen molar-refractivity contribution in [2.45, 2.75) is 26.4 Å². The lowest BCUT2D eigenvalue weighted by Gasteiger charge is -2.37. The smallest absolute Gasteiger partial charge is 0.242 e. The summed E-state index contributed by atoms with van der Waals surface area (Å²) in [7, 11) is 1.99. The van der Waals surface area contributed by atoms with Gasteiger partial charge < -0.3 is 15.0 Å². The molecule has 2 saturated heterocycles. The maximum atomic E-state index is 12.5. The van der Waals surface area contributed by atoms with E-state index in [-0.39, 0.29) is 49.2 Å². The molecule has 26 heavy (non-hydrogen) atoms. The molecule has 2 aliphatic rings. The Bertz CT molecular complexity index is 570. The summed E-state index contributed by atoms with van der Waals surface area (Å²) in [6, 6.07) is -0.168. The summed E-state index contributed by atoms with van der Waals surface area (Å²) in [5.41, 5.74) is 3.64. The van der Waals surface area contributed by atoms with Gasteiger partial charge in [0.2, 0.25) is 5.91 Å². The molecule has 0 aromatic carbocycles. The highest BCUT2D eigenvalue weighted by Gasteiger charge is 2.29. The monoisotopic (exact) mass is 429 g/mol. The Morgan fingerprint density at radius 2 is 1.85 bits per heavy atom. The Labute approximate surface area is 174 Å². The minimum absolute atomic E-state index is 0. The molecular weight excluding hydrogens is 401 g/mol. The molecule has 1 unspecified atom stereocenters. The van der Waals surface area contributed by atoms with Crippen LogP contribution in [0.2, 0.25) is 0 Å². The van der Waals surface area contributed by atoms with Gasteiger partial charge in [-0.05, 0) is 13.8 Å². The average molecular weight is 431 g/mol. The fourth-order valence-corrected chi connectivity index (χ4v) is 3.34. The zero-order valence-electron chi connectivity index (χ0n) is 15.6. The Balaban J connectivity index is 0.00000208. The molecule has 7 nitrogen and oxygen atoms in total. The minimum Gasteiger partial charge on any atom is -0.378 e. The van der Waals surface area contributed by atoms with E-state index in [1.54, 1.807) is 0 Å². The fraction of sp³-hybridized carbons (Fsp3) is 0.750. The van der Waals surface area contributed by atoms with Gasteiger partial charge in [-0.1, -0.05) is 0 Å². The predicted octanol–water partition coefficient (Wildman–Crippen LogP) is 0.935. The largest absolute Gasteiger partial charge is 0.378 e. The van der Waals surface area contributed by atoms with E-state index in [1.165, 1.54) is 11.3 Å². The van der Waals surface area contributed by atoms with Crippen molar-refractivity contribution in [3.05, 3.63) is 17.0 Å². The molecule has 0 radical (unpaired) electrons. The van der Waals surface area contributed by atoms with Crippen molar-refractivity contribution in [2.24, 2.45) is 7.05 Å². The summed E-state index contributed by atoms with van der Waals surface area (Å²) >= 11 is 0. The third kappa shape index (κ3) is 5.71. The number of amides is 1. The number of carbonyl (C=O) groups excluding carboxylic acids is 1.